The third-order valence-corrected chi connectivity index (χ3v) is 1.86. The van der Waals surface area contributed by atoms with Crippen LogP contribution in [0.2, 0.25) is 0 Å². The van der Waals surface area contributed by atoms with Crippen molar-refractivity contribution in [3.05, 3.63) is 29.9 Å². The Kier molecular flexibility index (Phi) is 2.37. The topological polar surface area (TPSA) is 59.4 Å². The zero-order chi connectivity index (χ0) is 9.97. The second-order valence-corrected chi connectivity index (χ2v) is 3.02. The van der Waals surface area contributed by atoms with Crippen molar-refractivity contribution in [1.82, 2.24) is 4.98 Å². The Balaban J connectivity index is 2.24. The first-order valence-electron chi connectivity index (χ1n) is 4.42. The van der Waals surface area contributed by atoms with Crippen LogP contribution in [0.15, 0.2) is 27.2 Å². The van der Waals surface area contributed by atoms with Gasteiger partial charge < -0.3 is 13.9 Å². The van der Waals surface area contributed by atoms with Crippen molar-refractivity contribution in [2.45, 2.75) is 13.3 Å². The lowest BCUT2D eigenvalue weighted by atomic mass is 10.4. The smallest absolute Gasteiger partial charge is 0.262 e. The summed E-state index contributed by atoms with van der Waals surface area (Å²) in [5.74, 6) is 2.56. The van der Waals surface area contributed by atoms with Crippen LogP contribution in [0.25, 0.3) is 11.7 Å². The number of hydrogen-bond acceptors (Lipinski definition) is 4. The number of furan rings is 1. The zero-order valence-electron chi connectivity index (χ0n) is 7.86. The van der Waals surface area contributed by atoms with Crippen molar-refractivity contribution < 1.29 is 13.9 Å². The summed E-state index contributed by atoms with van der Waals surface area (Å²) >= 11 is 0. The average molecular weight is 193 g/mol. The Labute approximate surface area is 81.2 Å². The molecule has 0 fully saturated rings. The summed E-state index contributed by atoms with van der Waals surface area (Å²) in [5.41, 5.74) is 0. The molecule has 0 saturated carbocycles. The maximum Gasteiger partial charge on any atom is 0.262 e. The third-order valence-electron chi connectivity index (χ3n) is 1.86. The fourth-order valence-electron chi connectivity index (χ4n) is 1.20. The SMILES string of the molecule is Cc1ccc(-c2ncc(CCO)o2)o1. The molecule has 2 heterocycles. The summed E-state index contributed by atoms with van der Waals surface area (Å²) < 4.78 is 10.7. The highest BCUT2D eigenvalue weighted by atomic mass is 16.4. The van der Waals surface area contributed by atoms with Gasteiger partial charge in [-0.1, -0.05) is 0 Å². The Hall–Kier alpha value is -1.55. The van der Waals surface area contributed by atoms with Crippen LogP contribution in [0.4, 0.5) is 0 Å². The molecule has 0 spiro atoms. The average Bonchev–Trinajstić information content (AvgIpc) is 2.74. The molecule has 0 aromatic carbocycles. The molecule has 0 bridgehead atoms. The second kappa shape index (κ2) is 3.67. The van der Waals surface area contributed by atoms with Crippen LogP contribution in [0.1, 0.15) is 11.5 Å². The number of aliphatic hydroxyl groups is 1. The molecule has 0 atom stereocenters. The number of nitrogens with zero attached hydrogens (tertiary/aromatic N) is 1. The van der Waals surface area contributed by atoms with E-state index in [0.717, 1.165) is 5.76 Å². The molecule has 2 aromatic heterocycles. The van der Waals surface area contributed by atoms with Gasteiger partial charge >= 0.3 is 0 Å². The minimum absolute atomic E-state index is 0.0613. The molecule has 0 aliphatic rings. The van der Waals surface area contributed by atoms with Crippen LogP contribution >= 0.6 is 0 Å². The Bertz CT molecular complexity index is 416. The van der Waals surface area contributed by atoms with Crippen molar-refractivity contribution in [3.8, 4) is 11.7 Å². The third kappa shape index (κ3) is 1.70. The van der Waals surface area contributed by atoms with Crippen LogP contribution in [0.3, 0.4) is 0 Å². The number of aliphatic hydroxyl groups excluding tert-OH is 1. The second-order valence-electron chi connectivity index (χ2n) is 3.02. The highest BCUT2D eigenvalue weighted by Crippen LogP contribution is 2.21. The van der Waals surface area contributed by atoms with E-state index in [1.807, 2.05) is 19.1 Å². The molecule has 0 amide bonds. The van der Waals surface area contributed by atoms with Crippen molar-refractivity contribution in [2.75, 3.05) is 6.61 Å². The Morgan fingerprint density at radius 1 is 1.36 bits per heavy atom. The van der Waals surface area contributed by atoms with Gasteiger partial charge in [0.2, 0.25) is 0 Å². The molecule has 2 aromatic rings. The lowest BCUT2D eigenvalue weighted by Gasteiger charge is -1.89. The molecule has 74 valence electrons. The highest BCUT2D eigenvalue weighted by molar-refractivity contribution is 5.44. The fraction of sp³-hybridized carbons (Fsp3) is 0.300. The highest BCUT2D eigenvalue weighted by Gasteiger charge is 2.09. The molecule has 0 aliphatic carbocycles. The monoisotopic (exact) mass is 193 g/mol. The minimum Gasteiger partial charge on any atom is -0.456 e. The summed E-state index contributed by atoms with van der Waals surface area (Å²) in [5, 5.41) is 8.69. The zero-order valence-corrected chi connectivity index (χ0v) is 7.86. The van der Waals surface area contributed by atoms with Gasteiger partial charge in [-0.15, -0.1) is 0 Å². The molecular weight excluding hydrogens is 182 g/mol. The summed E-state index contributed by atoms with van der Waals surface area (Å²) in [6.07, 6.45) is 2.08. The van der Waals surface area contributed by atoms with Crippen molar-refractivity contribution in [1.29, 1.82) is 0 Å². The normalized spacial score (nSPS) is 10.7. The first-order chi connectivity index (χ1) is 6.79. The number of aryl methyl sites for hydroxylation is 1. The number of rotatable bonds is 3. The standard InChI is InChI=1S/C10H11NO3/c1-7-2-3-9(13-7)10-11-6-8(14-10)4-5-12/h2-3,6,12H,4-5H2,1H3. The van der Waals surface area contributed by atoms with Crippen molar-refractivity contribution in [3.63, 3.8) is 0 Å². The molecule has 2 rings (SSSR count). The van der Waals surface area contributed by atoms with E-state index in [-0.39, 0.29) is 6.61 Å². The maximum absolute atomic E-state index is 8.69. The van der Waals surface area contributed by atoms with Crippen LogP contribution < -0.4 is 0 Å². The van der Waals surface area contributed by atoms with E-state index in [1.54, 1.807) is 6.20 Å². The first kappa shape index (κ1) is 9.02. The summed E-state index contributed by atoms with van der Waals surface area (Å²) in [7, 11) is 0. The van der Waals surface area contributed by atoms with Gasteiger partial charge in [0.15, 0.2) is 5.76 Å². The Morgan fingerprint density at radius 2 is 2.21 bits per heavy atom. The number of aromatic nitrogens is 1. The van der Waals surface area contributed by atoms with Gasteiger partial charge in [0, 0.05) is 6.42 Å². The maximum atomic E-state index is 8.69. The van der Waals surface area contributed by atoms with Crippen LogP contribution in [0.5, 0.6) is 0 Å². The molecule has 4 heteroatoms. The van der Waals surface area contributed by atoms with Gasteiger partial charge in [0.05, 0.1) is 12.8 Å². The van der Waals surface area contributed by atoms with Crippen molar-refractivity contribution in [2.24, 2.45) is 0 Å². The first-order valence-corrected chi connectivity index (χ1v) is 4.42. The number of hydrogen-bond donors (Lipinski definition) is 1. The predicted molar refractivity (Wildman–Crippen MR) is 49.7 cm³/mol. The molecule has 14 heavy (non-hydrogen) atoms. The van der Waals surface area contributed by atoms with E-state index in [9.17, 15) is 0 Å². The summed E-state index contributed by atoms with van der Waals surface area (Å²) in [4.78, 5) is 4.05. The van der Waals surface area contributed by atoms with Gasteiger partial charge in [-0.05, 0) is 19.1 Å². The van der Waals surface area contributed by atoms with E-state index in [1.165, 1.54) is 0 Å². The van der Waals surface area contributed by atoms with E-state index in [0.29, 0.717) is 23.8 Å². The van der Waals surface area contributed by atoms with E-state index in [4.69, 9.17) is 13.9 Å². The van der Waals surface area contributed by atoms with E-state index in [2.05, 4.69) is 4.98 Å². The van der Waals surface area contributed by atoms with Crippen LogP contribution in [-0.4, -0.2) is 16.7 Å². The number of oxazole rings is 1. The lowest BCUT2D eigenvalue weighted by Crippen LogP contribution is -1.86. The molecule has 0 aliphatic heterocycles. The van der Waals surface area contributed by atoms with Gasteiger partial charge in [-0.3, -0.25) is 0 Å². The fourth-order valence-corrected chi connectivity index (χ4v) is 1.20. The Morgan fingerprint density at radius 3 is 2.86 bits per heavy atom. The molecule has 0 radical (unpaired) electrons. The molecular formula is C10H11NO3. The molecule has 0 unspecified atom stereocenters. The van der Waals surface area contributed by atoms with Gasteiger partial charge in [0.1, 0.15) is 11.5 Å². The molecule has 4 nitrogen and oxygen atoms in total. The van der Waals surface area contributed by atoms with Gasteiger partial charge in [-0.2, -0.15) is 0 Å². The summed E-state index contributed by atoms with van der Waals surface area (Å²) in [6.45, 7) is 1.92. The molecule has 0 saturated heterocycles. The van der Waals surface area contributed by atoms with Crippen molar-refractivity contribution >= 4 is 0 Å². The quantitative estimate of drug-likeness (QED) is 0.807. The largest absolute Gasteiger partial charge is 0.456 e. The minimum atomic E-state index is 0.0613. The van der Waals surface area contributed by atoms with Gasteiger partial charge in [0.25, 0.3) is 5.89 Å². The van der Waals surface area contributed by atoms with Gasteiger partial charge in [-0.25, -0.2) is 4.98 Å². The lowest BCUT2D eigenvalue weighted by molar-refractivity contribution is 0.288. The van der Waals surface area contributed by atoms with Crippen LogP contribution in [-0.2, 0) is 6.42 Å². The molecule has 1 N–H and O–H groups in total. The van der Waals surface area contributed by atoms with Crippen LogP contribution in [0, 0.1) is 6.92 Å². The summed E-state index contributed by atoms with van der Waals surface area (Å²) in [6, 6.07) is 3.66. The van der Waals surface area contributed by atoms with E-state index >= 15 is 0 Å². The predicted octanol–water partition coefficient (Wildman–Crippen LogP) is 1.78. The van der Waals surface area contributed by atoms with E-state index < -0.39 is 0 Å².